The van der Waals surface area contributed by atoms with Crippen molar-refractivity contribution in [3.05, 3.63) is 47.3 Å². The van der Waals surface area contributed by atoms with Crippen molar-refractivity contribution in [2.45, 2.75) is 59.2 Å². The number of rotatable bonds is 4. The molecule has 0 saturated carbocycles. The molecule has 0 aromatic carbocycles. The third kappa shape index (κ3) is 3.44. The normalized spacial score (nSPS) is 18.9. The molecule has 132 valence electrons. The Bertz CT molecular complexity index is 877. The van der Waals surface area contributed by atoms with E-state index in [4.69, 9.17) is 4.98 Å². The number of hydrogen-bond donors (Lipinski definition) is 0. The summed E-state index contributed by atoms with van der Waals surface area (Å²) in [4.78, 5) is 11.9. The van der Waals surface area contributed by atoms with Crippen LogP contribution in [0.3, 0.4) is 0 Å². The first kappa shape index (κ1) is 16.3. The Kier molecular flexibility index (Phi) is 4.29. The van der Waals surface area contributed by atoms with Crippen LogP contribution in [0, 0.1) is 20.8 Å². The van der Waals surface area contributed by atoms with Crippen molar-refractivity contribution in [1.29, 1.82) is 0 Å². The van der Waals surface area contributed by atoms with Gasteiger partial charge in [0.05, 0.1) is 18.4 Å². The molecule has 4 heterocycles. The van der Waals surface area contributed by atoms with E-state index in [0.29, 0.717) is 6.04 Å². The highest BCUT2D eigenvalue weighted by Crippen LogP contribution is 2.21. The lowest BCUT2D eigenvalue weighted by atomic mass is 10.0. The second kappa shape index (κ2) is 6.59. The van der Waals surface area contributed by atoms with Gasteiger partial charge in [0.25, 0.3) is 0 Å². The van der Waals surface area contributed by atoms with E-state index in [1.165, 1.54) is 30.5 Å². The van der Waals surface area contributed by atoms with Gasteiger partial charge in [0, 0.05) is 36.4 Å². The maximum atomic E-state index is 4.76. The van der Waals surface area contributed by atoms with Gasteiger partial charge in [-0.15, -0.1) is 0 Å². The van der Waals surface area contributed by atoms with Crippen LogP contribution in [0.15, 0.2) is 24.7 Å². The average molecular weight is 338 g/mol. The summed E-state index contributed by atoms with van der Waals surface area (Å²) in [5.41, 5.74) is 4.53. The van der Waals surface area contributed by atoms with Gasteiger partial charge in [0.2, 0.25) is 5.78 Å². The van der Waals surface area contributed by atoms with Gasteiger partial charge in [-0.1, -0.05) is 6.42 Å². The van der Waals surface area contributed by atoms with Crippen molar-refractivity contribution in [1.82, 2.24) is 29.0 Å². The van der Waals surface area contributed by atoms with Gasteiger partial charge in [-0.05, 0) is 51.8 Å². The Hall–Kier alpha value is -2.21. The van der Waals surface area contributed by atoms with Crippen molar-refractivity contribution in [3.8, 4) is 0 Å². The summed E-state index contributed by atoms with van der Waals surface area (Å²) < 4.78 is 4.18. The zero-order valence-corrected chi connectivity index (χ0v) is 15.3. The van der Waals surface area contributed by atoms with Gasteiger partial charge in [-0.2, -0.15) is 5.10 Å². The highest BCUT2D eigenvalue weighted by Gasteiger charge is 2.24. The van der Waals surface area contributed by atoms with Crippen LogP contribution >= 0.6 is 0 Å². The van der Waals surface area contributed by atoms with Crippen LogP contribution in [-0.2, 0) is 13.1 Å². The quantitative estimate of drug-likeness (QED) is 0.734. The molecule has 1 fully saturated rings. The van der Waals surface area contributed by atoms with Gasteiger partial charge in [-0.25, -0.2) is 9.97 Å². The van der Waals surface area contributed by atoms with Gasteiger partial charge in [-0.3, -0.25) is 14.0 Å². The molecular formula is C19H26N6. The molecule has 4 rings (SSSR count). The van der Waals surface area contributed by atoms with Crippen LogP contribution in [0.4, 0.5) is 0 Å². The second-order valence-electron chi connectivity index (χ2n) is 7.30. The standard InChI is InChI=1S/C19H26N6/c1-14-9-20-24(10-14)13-18-6-4-5-7-23(18)11-17-12-25-16(3)8-15(2)21-19(25)22-17/h8-10,12,18H,4-7,11,13H2,1-3H3/t18-/m0/s1. The molecule has 1 atom stereocenters. The summed E-state index contributed by atoms with van der Waals surface area (Å²) in [6.07, 6.45) is 9.99. The molecular weight excluding hydrogens is 312 g/mol. The van der Waals surface area contributed by atoms with E-state index in [0.717, 1.165) is 36.8 Å². The Labute approximate surface area is 148 Å². The van der Waals surface area contributed by atoms with E-state index < -0.39 is 0 Å². The molecule has 1 aliphatic heterocycles. The number of hydrogen-bond acceptors (Lipinski definition) is 4. The van der Waals surface area contributed by atoms with Crippen LogP contribution in [-0.4, -0.2) is 41.6 Å². The van der Waals surface area contributed by atoms with Crippen molar-refractivity contribution in [3.63, 3.8) is 0 Å². The zero-order chi connectivity index (χ0) is 17.4. The molecule has 0 radical (unpaired) electrons. The largest absolute Gasteiger partial charge is 0.293 e. The fraction of sp³-hybridized carbons (Fsp3) is 0.526. The fourth-order valence-corrected chi connectivity index (χ4v) is 3.86. The van der Waals surface area contributed by atoms with E-state index in [2.05, 4.69) is 56.4 Å². The number of aromatic nitrogens is 5. The van der Waals surface area contributed by atoms with E-state index in [9.17, 15) is 0 Å². The minimum atomic E-state index is 0.522. The summed E-state index contributed by atoms with van der Waals surface area (Å²) in [5.74, 6) is 0.809. The van der Waals surface area contributed by atoms with Crippen LogP contribution < -0.4 is 0 Å². The summed E-state index contributed by atoms with van der Waals surface area (Å²) >= 11 is 0. The molecule has 6 nitrogen and oxygen atoms in total. The van der Waals surface area contributed by atoms with E-state index in [1.54, 1.807) is 0 Å². The molecule has 0 bridgehead atoms. The molecule has 1 aliphatic rings. The number of likely N-dealkylation sites (tertiary alicyclic amines) is 1. The molecule has 0 amide bonds. The summed E-state index contributed by atoms with van der Waals surface area (Å²) in [6.45, 7) is 9.19. The predicted molar refractivity (Wildman–Crippen MR) is 97.5 cm³/mol. The maximum absolute atomic E-state index is 4.76. The SMILES string of the molecule is Cc1cnn(C[C@@H]2CCCCN2Cc2cn3c(C)cc(C)nc3n2)c1. The van der Waals surface area contributed by atoms with E-state index >= 15 is 0 Å². The first-order chi connectivity index (χ1) is 12.1. The third-order valence-corrected chi connectivity index (χ3v) is 5.09. The Morgan fingerprint density at radius 1 is 1.12 bits per heavy atom. The molecule has 3 aromatic rings. The van der Waals surface area contributed by atoms with Crippen LogP contribution in [0.1, 0.15) is 41.9 Å². The number of fused-ring (bicyclic) bond motifs is 1. The number of nitrogens with zero attached hydrogens (tertiary/aromatic N) is 6. The smallest absolute Gasteiger partial charge is 0.234 e. The van der Waals surface area contributed by atoms with Crippen LogP contribution in [0.25, 0.3) is 5.78 Å². The fourth-order valence-electron chi connectivity index (χ4n) is 3.86. The molecule has 3 aromatic heterocycles. The van der Waals surface area contributed by atoms with Crippen LogP contribution in [0.5, 0.6) is 0 Å². The molecule has 0 spiro atoms. The first-order valence-corrected chi connectivity index (χ1v) is 9.14. The lowest BCUT2D eigenvalue weighted by molar-refractivity contribution is 0.120. The molecule has 25 heavy (non-hydrogen) atoms. The zero-order valence-electron chi connectivity index (χ0n) is 15.3. The van der Waals surface area contributed by atoms with Gasteiger partial charge in [0.15, 0.2) is 0 Å². The Balaban J connectivity index is 1.54. The van der Waals surface area contributed by atoms with Gasteiger partial charge < -0.3 is 0 Å². The van der Waals surface area contributed by atoms with Crippen molar-refractivity contribution in [2.75, 3.05) is 6.54 Å². The predicted octanol–water partition coefficient (Wildman–Crippen LogP) is 2.91. The molecule has 0 aliphatic carbocycles. The number of aryl methyl sites for hydroxylation is 3. The topological polar surface area (TPSA) is 51.2 Å². The minimum Gasteiger partial charge on any atom is -0.293 e. The average Bonchev–Trinajstić information content (AvgIpc) is 3.15. The molecule has 6 heteroatoms. The number of imidazole rings is 1. The van der Waals surface area contributed by atoms with Crippen molar-refractivity contribution >= 4 is 5.78 Å². The van der Waals surface area contributed by atoms with Crippen molar-refractivity contribution < 1.29 is 0 Å². The lowest BCUT2D eigenvalue weighted by Gasteiger charge is -2.35. The Morgan fingerprint density at radius 2 is 2.00 bits per heavy atom. The highest BCUT2D eigenvalue weighted by molar-refractivity contribution is 5.34. The maximum Gasteiger partial charge on any atom is 0.234 e. The highest BCUT2D eigenvalue weighted by atomic mass is 15.3. The van der Waals surface area contributed by atoms with Crippen LogP contribution in [0.2, 0.25) is 0 Å². The minimum absolute atomic E-state index is 0.522. The second-order valence-corrected chi connectivity index (χ2v) is 7.30. The first-order valence-electron chi connectivity index (χ1n) is 9.14. The van der Waals surface area contributed by atoms with E-state index in [1.807, 2.05) is 13.1 Å². The Morgan fingerprint density at radius 3 is 2.80 bits per heavy atom. The molecule has 0 N–H and O–H groups in total. The molecule has 1 saturated heterocycles. The summed E-state index contributed by atoms with van der Waals surface area (Å²) in [5, 5.41) is 4.47. The third-order valence-electron chi connectivity index (χ3n) is 5.09. The van der Waals surface area contributed by atoms with Gasteiger partial charge >= 0.3 is 0 Å². The van der Waals surface area contributed by atoms with Crippen molar-refractivity contribution in [2.24, 2.45) is 0 Å². The van der Waals surface area contributed by atoms with E-state index in [-0.39, 0.29) is 0 Å². The lowest BCUT2D eigenvalue weighted by Crippen LogP contribution is -2.41. The summed E-state index contributed by atoms with van der Waals surface area (Å²) in [6, 6.07) is 2.62. The molecule has 0 unspecified atom stereocenters. The monoisotopic (exact) mass is 338 g/mol. The van der Waals surface area contributed by atoms with Gasteiger partial charge in [0.1, 0.15) is 0 Å². The number of piperidine rings is 1. The summed E-state index contributed by atoms with van der Waals surface area (Å²) in [7, 11) is 0.